The lowest BCUT2D eigenvalue weighted by atomic mass is 9.86. The molecule has 5 heteroatoms. The van der Waals surface area contributed by atoms with E-state index in [9.17, 15) is 4.79 Å². The molecule has 2 atom stereocenters. The minimum atomic E-state index is -0.736. The second kappa shape index (κ2) is 6.89. The zero-order valence-electron chi connectivity index (χ0n) is 14.0. The predicted molar refractivity (Wildman–Crippen MR) is 88.9 cm³/mol. The minimum Gasteiger partial charge on any atom is -0.497 e. The van der Waals surface area contributed by atoms with E-state index in [1.54, 1.807) is 7.11 Å². The van der Waals surface area contributed by atoms with Crippen molar-refractivity contribution in [1.82, 2.24) is 9.80 Å². The zero-order chi connectivity index (χ0) is 16.4. The van der Waals surface area contributed by atoms with Gasteiger partial charge in [0.1, 0.15) is 5.75 Å². The summed E-state index contributed by atoms with van der Waals surface area (Å²) >= 11 is 0. The molecule has 0 aromatic heterocycles. The number of nitrogens with zero attached hydrogens (tertiary/aromatic N) is 2. The molecular formula is C18H26N2O3. The van der Waals surface area contributed by atoms with E-state index in [1.165, 1.54) is 24.0 Å². The van der Waals surface area contributed by atoms with Crippen LogP contribution in [0.5, 0.6) is 5.75 Å². The molecule has 23 heavy (non-hydrogen) atoms. The summed E-state index contributed by atoms with van der Waals surface area (Å²) in [5.74, 6) is 0.199. The topological polar surface area (TPSA) is 53.0 Å². The number of carboxylic acid groups (broad SMARTS) is 1. The maximum Gasteiger partial charge on any atom is 0.317 e. The highest BCUT2D eigenvalue weighted by Crippen LogP contribution is 2.36. The van der Waals surface area contributed by atoms with Crippen molar-refractivity contribution < 1.29 is 14.6 Å². The number of piperazine rings is 1. The van der Waals surface area contributed by atoms with Crippen molar-refractivity contribution in [3.8, 4) is 5.75 Å². The van der Waals surface area contributed by atoms with Gasteiger partial charge < -0.3 is 9.84 Å². The van der Waals surface area contributed by atoms with Crippen LogP contribution in [0.3, 0.4) is 0 Å². The van der Waals surface area contributed by atoms with Crippen molar-refractivity contribution in [2.75, 3.05) is 33.3 Å². The first-order chi connectivity index (χ1) is 11.1. The molecule has 3 rings (SSSR count). The Morgan fingerprint density at radius 3 is 2.91 bits per heavy atom. The van der Waals surface area contributed by atoms with Gasteiger partial charge in [-0.2, -0.15) is 0 Å². The second-order valence-electron chi connectivity index (χ2n) is 6.68. The fourth-order valence-electron chi connectivity index (χ4n) is 3.99. The number of ether oxygens (including phenoxy) is 1. The zero-order valence-corrected chi connectivity index (χ0v) is 14.0. The Bertz CT molecular complexity index is 575. The number of carbonyl (C=O) groups is 1. The molecule has 0 radical (unpaired) electrons. The van der Waals surface area contributed by atoms with E-state index in [-0.39, 0.29) is 12.6 Å². The molecule has 1 aromatic rings. The van der Waals surface area contributed by atoms with Crippen molar-refractivity contribution >= 4 is 5.97 Å². The van der Waals surface area contributed by atoms with Crippen LogP contribution < -0.4 is 4.74 Å². The molecule has 1 heterocycles. The SMILES string of the molecule is COc1ccc2c(c1)CCC[C@H]2N1CCN(CC(=O)O)C(C)C1. The molecule has 1 aliphatic carbocycles. The van der Waals surface area contributed by atoms with Crippen LogP contribution in [0.25, 0.3) is 0 Å². The van der Waals surface area contributed by atoms with Crippen molar-refractivity contribution in [3.05, 3.63) is 29.3 Å². The number of methoxy groups -OCH3 is 1. The van der Waals surface area contributed by atoms with Crippen LogP contribution in [0.15, 0.2) is 18.2 Å². The predicted octanol–water partition coefficient (Wildman–Crippen LogP) is 2.16. The molecule has 1 saturated heterocycles. The molecule has 0 saturated carbocycles. The summed E-state index contributed by atoms with van der Waals surface area (Å²) in [5.41, 5.74) is 2.83. The van der Waals surface area contributed by atoms with Crippen molar-refractivity contribution in [3.63, 3.8) is 0 Å². The van der Waals surface area contributed by atoms with Crippen LogP contribution in [0.4, 0.5) is 0 Å². The van der Waals surface area contributed by atoms with Crippen LogP contribution in [-0.2, 0) is 11.2 Å². The van der Waals surface area contributed by atoms with Gasteiger partial charge in [0.15, 0.2) is 0 Å². The highest BCUT2D eigenvalue weighted by atomic mass is 16.5. The molecule has 2 aliphatic rings. The van der Waals surface area contributed by atoms with Gasteiger partial charge in [-0.25, -0.2) is 0 Å². The molecular weight excluding hydrogens is 292 g/mol. The average molecular weight is 318 g/mol. The largest absolute Gasteiger partial charge is 0.497 e. The summed E-state index contributed by atoms with van der Waals surface area (Å²) in [5, 5.41) is 9.01. The van der Waals surface area contributed by atoms with Crippen molar-refractivity contribution in [1.29, 1.82) is 0 Å². The standard InChI is InChI=1S/C18H26N2O3/c1-13-11-20(9-8-19(13)12-18(21)22)17-5-3-4-14-10-15(23-2)6-7-16(14)17/h6-7,10,13,17H,3-5,8-9,11-12H2,1-2H3,(H,21,22)/t13?,17-/m1/s1. The van der Waals surface area contributed by atoms with Crippen LogP contribution in [0, 0.1) is 0 Å². The summed E-state index contributed by atoms with van der Waals surface area (Å²) in [7, 11) is 1.71. The number of rotatable bonds is 4. The number of hydrogen-bond acceptors (Lipinski definition) is 4. The molecule has 1 fully saturated rings. The van der Waals surface area contributed by atoms with Gasteiger partial charge in [0.2, 0.25) is 0 Å². The number of aliphatic carboxylic acids is 1. The molecule has 1 unspecified atom stereocenters. The van der Waals surface area contributed by atoms with Crippen LogP contribution >= 0.6 is 0 Å². The number of benzene rings is 1. The normalized spacial score (nSPS) is 25.8. The first-order valence-electron chi connectivity index (χ1n) is 8.45. The quantitative estimate of drug-likeness (QED) is 0.922. The monoisotopic (exact) mass is 318 g/mol. The van der Waals surface area contributed by atoms with E-state index in [0.717, 1.165) is 31.8 Å². The van der Waals surface area contributed by atoms with Gasteiger partial charge in [-0.05, 0) is 49.4 Å². The molecule has 1 aromatic carbocycles. The lowest BCUT2D eigenvalue weighted by Gasteiger charge is -2.44. The highest BCUT2D eigenvalue weighted by Gasteiger charge is 2.32. The Labute approximate surface area is 137 Å². The minimum absolute atomic E-state index is 0.146. The first-order valence-corrected chi connectivity index (χ1v) is 8.45. The maximum absolute atomic E-state index is 11.0. The van der Waals surface area contributed by atoms with Gasteiger partial charge in [0.25, 0.3) is 0 Å². The molecule has 1 N–H and O–H groups in total. The fourth-order valence-corrected chi connectivity index (χ4v) is 3.99. The molecule has 1 aliphatic heterocycles. The lowest BCUT2D eigenvalue weighted by molar-refractivity contribution is -0.139. The van der Waals surface area contributed by atoms with Gasteiger partial charge in [-0.1, -0.05) is 6.07 Å². The Morgan fingerprint density at radius 2 is 2.22 bits per heavy atom. The molecule has 0 bridgehead atoms. The van der Waals surface area contributed by atoms with Gasteiger partial charge in [0.05, 0.1) is 13.7 Å². The van der Waals surface area contributed by atoms with Crippen molar-refractivity contribution in [2.45, 2.75) is 38.3 Å². The van der Waals surface area contributed by atoms with E-state index in [0.29, 0.717) is 6.04 Å². The van der Waals surface area contributed by atoms with Gasteiger partial charge >= 0.3 is 5.97 Å². The van der Waals surface area contributed by atoms with Crippen LogP contribution in [0.2, 0.25) is 0 Å². The second-order valence-corrected chi connectivity index (χ2v) is 6.68. The molecule has 5 nitrogen and oxygen atoms in total. The summed E-state index contributed by atoms with van der Waals surface area (Å²) in [6.45, 7) is 4.98. The highest BCUT2D eigenvalue weighted by molar-refractivity contribution is 5.69. The number of hydrogen-bond donors (Lipinski definition) is 1. The van der Waals surface area contributed by atoms with E-state index < -0.39 is 5.97 Å². The Morgan fingerprint density at radius 1 is 1.39 bits per heavy atom. The lowest BCUT2D eigenvalue weighted by Crippen LogP contribution is -2.54. The third kappa shape index (κ3) is 3.51. The average Bonchev–Trinajstić information content (AvgIpc) is 2.55. The fraction of sp³-hybridized carbons (Fsp3) is 0.611. The number of fused-ring (bicyclic) bond motifs is 1. The molecule has 0 amide bonds. The van der Waals surface area contributed by atoms with Gasteiger partial charge in [-0.3, -0.25) is 14.6 Å². The van der Waals surface area contributed by atoms with E-state index in [1.807, 2.05) is 0 Å². The van der Waals surface area contributed by atoms with E-state index in [4.69, 9.17) is 9.84 Å². The van der Waals surface area contributed by atoms with Gasteiger partial charge in [0, 0.05) is 31.7 Å². The van der Waals surface area contributed by atoms with Crippen molar-refractivity contribution in [2.24, 2.45) is 0 Å². The van der Waals surface area contributed by atoms with E-state index in [2.05, 4.69) is 34.9 Å². The number of carboxylic acids is 1. The van der Waals surface area contributed by atoms with Crippen LogP contribution in [-0.4, -0.2) is 60.2 Å². The maximum atomic E-state index is 11.0. The summed E-state index contributed by atoms with van der Waals surface area (Å²) in [4.78, 5) is 15.6. The Hall–Kier alpha value is -1.59. The Kier molecular flexibility index (Phi) is 4.87. The van der Waals surface area contributed by atoms with E-state index >= 15 is 0 Å². The third-order valence-electron chi connectivity index (χ3n) is 5.21. The summed E-state index contributed by atoms with van der Waals surface area (Å²) < 4.78 is 5.35. The molecule has 0 spiro atoms. The van der Waals surface area contributed by atoms with Crippen LogP contribution in [0.1, 0.15) is 36.9 Å². The molecule has 126 valence electrons. The third-order valence-corrected chi connectivity index (χ3v) is 5.21. The van der Waals surface area contributed by atoms with Gasteiger partial charge in [-0.15, -0.1) is 0 Å². The first kappa shape index (κ1) is 16.3. The Balaban J connectivity index is 1.73. The summed E-state index contributed by atoms with van der Waals surface area (Å²) in [6, 6.07) is 7.18. The smallest absolute Gasteiger partial charge is 0.317 e. The number of aryl methyl sites for hydroxylation is 1. The summed E-state index contributed by atoms with van der Waals surface area (Å²) in [6.07, 6.45) is 3.51.